The summed E-state index contributed by atoms with van der Waals surface area (Å²) in [5.41, 5.74) is 4.50. The molecule has 9 heteroatoms. The van der Waals surface area contributed by atoms with E-state index in [1.165, 1.54) is 6.07 Å². The third-order valence-corrected chi connectivity index (χ3v) is 7.14. The predicted octanol–water partition coefficient (Wildman–Crippen LogP) is 5.47. The Balaban J connectivity index is 1.34. The lowest BCUT2D eigenvalue weighted by Crippen LogP contribution is -2.43. The molecule has 2 heterocycles. The Labute approximate surface area is 227 Å². The van der Waals surface area contributed by atoms with E-state index in [1.54, 1.807) is 15.9 Å². The molecule has 0 saturated carbocycles. The van der Waals surface area contributed by atoms with Crippen molar-refractivity contribution in [2.75, 3.05) is 19.7 Å². The lowest BCUT2D eigenvalue weighted by atomic mass is 9.98. The molecule has 1 aliphatic carbocycles. The highest BCUT2D eigenvalue weighted by molar-refractivity contribution is 5.85. The van der Waals surface area contributed by atoms with Gasteiger partial charge < -0.3 is 24.5 Å². The average molecular weight is 532 g/mol. The van der Waals surface area contributed by atoms with Crippen LogP contribution in [-0.4, -0.2) is 69.4 Å². The topological polar surface area (TPSA) is 112 Å². The van der Waals surface area contributed by atoms with Gasteiger partial charge in [0.25, 0.3) is 0 Å². The van der Waals surface area contributed by atoms with E-state index in [1.807, 2.05) is 45.0 Å². The van der Waals surface area contributed by atoms with E-state index in [0.717, 1.165) is 22.3 Å². The number of carbonyl (C=O) groups is 3. The SMILES string of the molecule is CC(C)(C)OC(=O)N1CCC(N(Cc2ccc(C(=O)O)[nH]2)C(=O)OCC2c3ccccc3-c3ccccc32)C1. The third-order valence-electron chi connectivity index (χ3n) is 7.14. The molecule has 2 aromatic carbocycles. The summed E-state index contributed by atoms with van der Waals surface area (Å²) < 4.78 is 11.5. The molecular formula is C30H33N3O6. The van der Waals surface area contributed by atoms with E-state index in [2.05, 4.69) is 29.2 Å². The van der Waals surface area contributed by atoms with Crippen LogP contribution in [-0.2, 0) is 16.0 Å². The summed E-state index contributed by atoms with van der Waals surface area (Å²) in [5.74, 6) is -1.17. The Morgan fingerprint density at radius 1 is 1.00 bits per heavy atom. The molecule has 1 fully saturated rings. The van der Waals surface area contributed by atoms with Gasteiger partial charge >= 0.3 is 18.2 Å². The highest BCUT2D eigenvalue weighted by atomic mass is 16.6. The van der Waals surface area contributed by atoms with E-state index < -0.39 is 23.8 Å². The molecule has 1 unspecified atom stereocenters. The van der Waals surface area contributed by atoms with E-state index in [4.69, 9.17) is 9.47 Å². The highest BCUT2D eigenvalue weighted by Gasteiger charge is 2.37. The normalized spacial score (nSPS) is 16.5. The van der Waals surface area contributed by atoms with E-state index in [0.29, 0.717) is 25.2 Å². The average Bonchev–Trinajstić information content (AvgIpc) is 3.63. The first-order chi connectivity index (χ1) is 18.6. The van der Waals surface area contributed by atoms with Crippen molar-refractivity contribution in [3.8, 4) is 11.1 Å². The number of rotatable bonds is 6. The largest absolute Gasteiger partial charge is 0.477 e. The van der Waals surface area contributed by atoms with Gasteiger partial charge in [-0.2, -0.15) is 0 Å². The number of hydrogen-bond donors (Lipinski definition) is 2. The maximum absolute atomic E-state index is 13.6. The van der Waals surface area contributed by atoms with Gasteiger partial charge in [0.2, 0.25) is 0 Å². The predicted molar refractivity (Wildman–Crippen MR) is 145 cm³/mol. The lowest BCUT2D eigenvalue weighted by Gasteiger charge is -2.29. The molecule has 9 nitrogen and oxygen atoms in total. The number of likely N-dealkylation sites (tertiary alicyclic amines) is 1. The van der Waals surface area contributed by atoms with Crippen LogP contribution in [0, 0.1) is 0 Å². The van der Waals surface area contributed by atoms with Gasteiger partial charge in [-0.05, 0) is 61.6 Å². The summed E-state index contributed by atoms with van der Waals surface area (Å²) >= 11 is 0. The first-order valence-corrected chi connectivity index (χ1v) is 13.1. The number of carbonyl (C=O) groups excluding carboxylic acids is 2. The molecule has 1 aliphatic heterocycles. The van der Waals surface area contributed by atoms with Gasteiger partial charge in [-0.1, -0.05) is 48.5 Å². The van der Waals surface area contributed by atoms with Crippen LogP contribution in [0.5, 0.6) is 0 Å². The summed E-state index contributed by atoms with van der Waals surface area (Å²) in [6, 6.07) is 19.1. The molecule has 39 heavy (non-hydrogen) atoms. The second-order valence-electron chi connectivity index (χ2n) is 11.0. The third kappa shape index (κ3) is 5.62. The second-order valence-corrected chi connectivity index (χ2v) is 11.0. The number of aromatic nitrogens is 1. The zero-order valence-electron chi connectivity index (χ0n) is 22.3. The summed E-state index contributed by atoms with van der Waals surface area (Å²) in [6.07, 6.45) is -0.388. The Morgan fingerprint density at radius 2 is 1.64 bits per heavy atom. The Morgan fingerprint density at radius 3 is 2.23 bits per heavy atom. The fraction of sp³-hybridized carbons (Fsp3) is 0.367. The molecule has 1 atom stereocenters. The number of nitrogens with zero attached hydrogens (tertiary/aromatic N) is 2. The molecule has 204 valence electrons. The Kier molecular flexibility index (Phi) is 7.08. The van der Waals surface area contributed by atoms with Crippen molar-refractivity contribution in [2.45, 2.75) is 51.3 Å². The van der Waals surface area contributed by atoms with Gasteiger partial charge in [0.05, 0.1) is 12.6 Å². The van der Waals surface area contributed by atoms with Crippen LogP contribution in [0.1, 0.15) is 60.4 Å². The number of ether oxygens (including phenoxy) is 2. The number of aromatic carboxylic acids is 1. The molecule has 5 rings (SSSR count). The second kappa shape index (κ2) is 10.5. The molecule has 2 N–H and O–H groups in total. The van der Waals surface area contributed by atoms with Gasteiger partial charge in [-0.25, -0.2) is 14.4 Å². The van der Waals surface area contributed by atoms with Gasteiger partial charge in [-0.3, -0.25) is 4.90 Å². The summed E-state index contributed by atoms with van der Waals surface area (Å²) in [5, 5.41) is 9.31. The fourth-order valence-corrected chi connectivity index (χ4v) is 5.35. The zero-order chi connectivity index (χ0) is 27.7. The summed E-state index contributed by atoms with van der Waals surface area (Å²) in [6.45, 7) is 6.46. The number of carboxylic acid groups (broad SMARTS) is 1. The molecule has 2 aliphatic rings. The van der Waals surface area contributed by atoms with Crippen LogP contribution >= 0.6 is 0 Å². The summed E-state index contributed by atoms with van der Waals surface area (Å²) in [4.78, 5) is 43.7. The number of nitrogens with one attached hydrogen (secondary N) is 1. The molecule has 0 spiro atoms. The van der Waals surface area contributed by atoms with Crippen LogP contribution in [0.3, 0.4) is 0 Å². The first kappa shape index (κ1) is 26.3. The van der Waals surface area contributed by atoms with Crippen LogP contribution in [0.4, 0.5) is 9.59 Å². The van der Waals surface area contributed by atoms with Crippen molar-refractivity contribution in [1.82, 2.24) is 14.8 Å². The van der Waals surface area contributed by atoms with Crippen molar-refractivity contribution < 1.29 is 29.0 Å². The minimum atomic E-state index is -1.08. The zero-order valence-corrected chi connectivity index (χ0v) is 22.3. The van der Waals surface area contributed by atoms with E-state index in [9.17, 15) is 19.5 Å². The van der Waals surface area contributed by atoms with Crippen molar-refractivity contribution in [3.63, 3.8) is 0 Å². The maximum atomic E-state index is 13.6. The number of amides is 2. The van der Waals surface area contributed by atoms with Crippen molar-refractivity contribution in [1.29, 1.82) is 0 Å². The number of aromatic amines is 1. The van der Waals surface area contributed by atoms with Crippen LogP contribution in [0.15, 0.2) is 60.7 Å². The van der Waals surface area contributed by atoms with Crippen molar-refractivity contribution >= 4 is 18.2 Å². The van der Waals surface area contributed by atoms with Gasteiger partial charge in [0, 0.05) is 24.7 Å². The Bertz CT molecular complexity index is 1350. The molecule has 1 aromatic heterocycles. The van der Waals surface area contributed by atoms with Crippen LogP contribution in [0.25, 0.3) is 11.1 Å². The van der Waals surface area contributed by atoms with E-state index in [-0.39, 0.29) is 30.8 Å². The number of carboxylic acids is 1. The number of H-pyrrole nitrogens is 1. The quantitative estimate of drug-likeness (QED) is 0.436. The minimum absolute atomic E-state index is 0.0410. The van der Waals surface area contributed by atoms with Crippen LogP contribution < -0.4 is 0 Å². The number of fused-ring (bicyclic) bond motifs is 3. The van der Waals surface area contributed by atoms with Gasteiger partial charge in [0.15, 0.2) is 0 Å². The van der Waals surface area contributed by atoms with Crippen molar-refractivity contribution in [2.24, 2.45) is 0 Å². The standard InChI is InChI=1S/C30H33N3O6/c1-30(2,3)39-28(36)32-15-14-20(17-32)33(16-19-12-13-26(31-19)27(34)35)29(37)38-18-25-23-10-6-4-8-21(23)22-9-5-7-11-24(22)25/h4-13,20,25,31H,14-18H2,1-3H3,(H,34,35). The highest BCUT2D eigenvalue weighted by Crippen LogP contribution is 2.44. The molecule has 1 saturated heterocycles. The van der Waals surface area contributed by atoms with Crippen LogP contribution in [0.2, 0.25) is 0 Å². The maximum Gasteiger partial charge on any atom is 0.410 e. The molecule has 0 bridgehead atoms. The number of hydrogen-bond acceptors (Lipinski definition) is 5. The number of benzene rings is 2. The monoisotopic (exact) mass is 531 g/mol. The van der Waals surface area contributed by atoms with Gasteiger partial charge in [0.1, 0.15) is 17.9 Å². The summed E-state index contributed by atoms with van der Waals surface area (Å²) in [7, 11) is 0. The molecular weight excluding hydrogens is 498 g/mol. The van der Waals surface area contributed by atoms with E-state index >= 15 is 0 Å². The molecule has 2 amide bonds. The van der Waals surface area contributed by atoms with Gasteiger partial charge in [-0.15, -0.1) is 0 Å². The molecule has 0 radical (unpaired) electrons. The minimum Gasteiger partial charge on any atom is -0.477 e. The van der Waals surface area contributed by atoms with Crippen molar-refractivity contribution in [3.05, 3.63) is 83.2 Å². The first-order valence-electron chi connectivity index (χ1n) is 13.1. The fourth-order valence-electron chi connectivity index (χ4n) is 5.35. The Hall–Kier alpha value is -4.27. The molecule has 3 aromatic rings. The smallest absolute Gasteiger partial charge is 0.410 e. The lowest BCUT2D eigenvalue weighted by molar-refractivity contribution is 0.0271.